The third kappa shape index (κ3) is 3.78. The van der Waals surface area contributed by atoms with Gasteiger partial charge in [0.25, 0.3) is 11.8 Å². The molecule has 2 N–H and O–H groups in total. The minimum absolute atomic E-state index is 0.0744. The van der Waals surface area contributed by atoms with E-state index in [2.05, 4.69) is 25.7 Å². The van der Waals surface area contributed by atoms with Crippen molar-refractivity contribution in [3.05, 3.63) is 84.9 Å². The van der Waals surface area contributed by atoms with Crippen LogP contribution in [0.5, 0.6) is 0 Å². The second-order valence-electron chi connectivity index (χ2n) is 5.69. The minimum atomic E-state index is -0.432. The van der Waals surface area contributed by atoms with Gasteiger partial charge in [0.2, 0.25) is 5.88 Å². The van der Waals surface area contributed by atoms with E-state index in [0.29, 0.717) is 11.3 Å². The van der Waals surface area contributed by atoms with E-state index in [1.54, 1.807) is 47.4 Å². The zero-order chi connectivity index (χ0) is 19.3. The van der Waals surface area contributed by atoms with E-state index in [1.807, 2.05) is 0 Å². The van der Waals surface area contributed by atoms with Gasteiger partial charge in [0.05, 0.1) is 5.69 Å². The van der Waals surface area contributed by atoms with Crippen molar-refractivity contribution in [1.29, 1.82) is 0 Å². The molecule has 0 saturated carbocycles. The van der Waals surface area contributed by atoms with Crippen LogP contribution in [0.2, 0.25) is 0 Å². The molecular weight excluding hydrogens is 360 g/mol. The van der Waals surface area contributed by atoms with Crippen molar-refractivity contribution in [3.63, 3.8) is 0 Å². The predicted octanol–water partition coefficient (Wildman–Crippen LogP) is 2.76. The molecule has 9 nitrogen and oxygen atoms in total. The van der Waals surface area contributed by atoms with Crippen molar-refractivity contribution < 1.29 is 14.0 Å². The number of hydrogen-bond acceptors (Lipinski definition) is 6. The van der Waals surface area contributed by atoms with E-state index in [0.717, 1.165) is 5.69 Å². The topological polar surface area (TPSA) is 115 Å². The van der Waals surface area contributed by atoms with Crippen LogP contribution < -0.4 is 10.6 Å². The average molecular weight is 374 g/mol. The van der Waals surface area contributed by atoms with E-state index < -0.39 is 5.91 Å². The van der Waals surface area contributed by atoms with Gasteiger partial charge in [-0.15, -0.1) is 0 Å². The number of carbonyl (C=O) groups is 2. The lowest BCUT2D eigenvalue weighted by Gasteiger charge is -2.05. The molecule has 0 aliphatic carbocycles. The lowest BCUT2D eigenvalue weighted by Crippen LogP contribution is -2.12. The predicted molar refractivity (Wildman–Crippen MR) is 100 cm³/mol. The van der Waals surface area contributed by atoms with Crippen LogP contribution in [0.1, 0.15) is 20.9 Å². The Balaban J connectivity index is 1.40. The SMILES string of the molecule is O=C(Nc1ccc(C(=O)Nc2ccc(-n3cncn3)cc2)o1)c1ccncc1. The number of aromatic nitrogens is 4. The number of nitrogens with zero attached hydrogens (tertiary/aromatic N) is 4. The molecule has 0 fully saturated rings. The summed E-state index contributed by atoms with van der Waals surface area (Å²) >= 11 is 0. The summed E-state index contributed by atoms with van der Waals surface area (Å²) in [5.41, 5.74) is 1.84. The fourth-order valence-electron chi connectivity index (χ4n) is 2.45. The highest BCUT2D eigenvalue weighted by Gasteiger charge is 2.14. The highest BCUT2D eigenvalue weighted by atomic mass is 16.4. The fraction of sp³-hybridized carbons (Fsp3) is 0. The second-order valence-corrected chi connectivity index (χ2v) is 5.69. The molecule has 2 amide bonds. The Bertz CT molecular complexity index is 1090. The van der Waals surface area contributed by atoms with E-state index in [9.17, 15) is 9.59 Å². The molecular formula is C19H14N6O3. The normalized spacial score (nSPS) is 10.4. The zero-order valence-electron chi connectivity index (χ0n) is 14.4. The number of anilines is 2. The third-order valence-electron chi connectivity index (χ3n) is 3.82. The molecule has 3 aromatic heterocycles. The van der Waals surface area contributed by atoms with Gasteiger partial charge < -0.3 is 9.73 Å². The molecule has 0 unspecified atom stereocenters. The van der Waals surface area contributed by atoms with Gasteiger partial charge in [0, 0.05) is 29.7 Å². The number of nitrogens with one attached hydrogen (secondary N) is 2. The van der Waals surface area contributed by atoms with Crippen LogP contribution in [0.15, 0.2) is 78.0 Å². The maximum absolute atomic E-state index is 12.3. The molecule has 0 radical (unpaired) electrons. The van der Waals surface area contributed by atoms with Crippen LogP contribution in [0.25, 0.3) is 5.69 Å². The number of rotatable bonds is 5. The largest absolute Gasteiger partial charge is 0.435 e. The quantitative estimate of drug-likeness (QED) is 0.555. The van der Waals surface area contributed by atoms with E-state index in [4.69, 9.17) is 4.42 Å². The Morgan fingerprint density at radius 2 is 1.64 bits per heavy atom. The summed E-state index contributed by atoms with van der Waals surface area (Å²) < 4.78 is 7.02. The van der Waals surface area contributed by atoms with Gasteiger partial charge in [-0.3, -0.25) is 19.9 Å². The number of benzene rings is 1. The van der Waals surface area contributed by atoms with Crippen molar-refractivity contribution in [2.75, 3.05) is 10.6 Å². The third-order valence-corrected chi connectivity index (χ3v) is 3.82. The molecule has 3 heterocycles. The van der Waals surface area contributed by atoms with Gasteiger partial charge in [-0.2, -0.15) is 5.10 Å². The molecule has 0 spiro atoms. The molecule has 0 saturated heterocycles. The van der Waals surface area contributed by atoms with Gasteiger partial charge >= 0.3 is 0 Å². The smallest absolute Gasteiger partial charge is 0.291 e. The fourth-order valence-corrected chi connectivity index (χ4v) is 2.45. The molecule has 138 valence electrons. The Morgan fingerprint density at radius 1 is 0.857 bits per heavy atom. The van der Waals surface area contributed by atoms with Gasteiger partial charge in [-0.25, -0.2) is 9.67 Å². The maximum Gasteiger partial charge on any atom is 0.291 e. The molecule has 1 aromatic carbocycles. The first kappa shape index (κ1) is 17.2. The van der Waals surface area contributed by atoms with Crippen molar-refractivity contribution in [3.8, 4) is 5.69 Å². The Morgan fingerprint density at radius 3 is 2.36 bits per heavy atom. The molecule has 0 aliphatic heterocycles. The first-order valence-electron chi connectivity index (χ1n) is 8.27. The van der Waals surface area contributed by atoms with Crippen LogP contribution in [-0.2, 0) is 0 Å². The van der Waals surface area contributed by atoms with Gasteiger partial charge in [0.15, 0.2) is 5.76 Å². The Kier molecular flexibility index (Phi) is 4.62. The average Bonchev–Trinajstić information content (AvgIpc) is 3.41. The summed E-state index contributed by atoms with van der Waals surface area (Å²) in [6.07, 6.45) is 6.06. The van der Waals surface area contributed by atoms with E-state index in [1.165, 1.54) is 30.9 Å². The highest BCUT2D eigenvalue weighted by molar-refractivity contribution is 6.05. The first-order valence-corrected chi connectivity index (χ1v) is 8.27. The van der Waals surface area contributed by atoms with Gasteiger partial charge in [-0.05, 0) is 42.5 Å². The van der Waals surface area contributed by atoms with Crippen LogP contribution in [0.4, 0.5) is 11.6 Å². The monoisotopic (exact) mass is 374 g/mol. The molecule has 0 atom stereocenters. The van der Waals surface area contributed by atoms with Crippen LogP contribution >= 0.6 is 0 Å². The number of hydrogen-bond donors (Lipinski definition) is 2. The van der Waals surface area contributed by atoms with Gasteiger partial charge in [0.1, 0.15) is 12.7 Å². The van der Waals surface area contributed by atoms with Gasteiger partial charge in [-0.1, -0.05) is 0 Å². The minimum Gasteiger partial charge on any atom is -0.435 e. The first-order chi connectivity index (χ1) is 13.7. The van der Waals surface area contributed by atoms with Crippen molar-refractivity contribution in [1.82, 2.24) is 19.7 Å². The number of pyridine rings is 1. The summed E-state index contributed by atoms with van der Waals surface area (Å²) in [5, 5.41) is 9.36. The summed E-state index contributed by atoms with van der Waals surface area (Å²) in [6.45, 7) is 0. The summed E-state index contributed by atoms with van der Waals surface area (Å²) in [5.74, 6) is -0.538. The van der Waals surface area contributed by atoms with E-state index >= 15 is 0 Å². The lowest BCUT2D eigenvalue weighted by molar-refractivity contribution is 0.0988. The lowest BCUT2D eigenvalue weighted by atomic mass is 10.2. The molecule has 9 heteroatoms. The van der Waals surface area contributed by atoms with Crippen molar-refractivity contribution in [2.24, 2.45) is 0 Å². The molecule has 4 aromatic rings. The Labute approximate surface area is 159 Å². The molecule has 0 bridgehead atoms. The zero-order valence-corrected chi connectivity index (χ0v) is 14.4. The van der Waals surface area contributed by atoms with Crippen LogP contribution in [0, 0.1) is 0 Å². The number of amides is 2. The van der Waals surface area contributed by atoms with E-state index in [-0.39, 0.29) is 17.6 Å². The Hall–Kier alpha value is -4.27. The molecule has 0 aliphatic rings. The standard InChI is InChI=1S/C19H14N6O3/c26-18(13-7-9-20-10-8-13)24-17-6-5-16(28-17)19(27)23-14-1-3-15(4-2-14)25-12-21-11-22-25/h1-12H,(H,23,27)(H,24,26). The molecule has 4 rings (SSSR count). The second kappa shape index (κ2) is 7.54. The summed E-state index contributed by atoms with van der Waals surface area (Å²) in [6, 6.07) is 13.2. The van der Waals surface area contributed by atoms with Crippen molar-refractivity contribution >= 4 is 23.4 Å². The van der Waals surface area contributed by atoms with Crippen molar-refractivity contribution in [2.45, 2.75) is 0 Å². The number of furan rings is 1. The summed E-state index contributed by atoms with van der Waals surface area (Å²) in [7, 11) is 0. The highest BCUT2D eigenvalue weighted by Crippen LogP contribution is 2.17. The van der Waals surface area contributed by atoms with Crippen LogP contribution in [0.3, 0.4) is 0 Å². The van der Waals surface area contributed by atoms with Crippen LogP contribution in [-0.4, -0.2) is 31.6 Å². The number of carbonyl (C=O) groups excluding carboxylic acids is 2. The molecule has 28 heavy (non-hydrogen) atoms. The maximum atomic E-state index is 12.3. The summed E-state index contributed by atoms with van der Waals surface area (Å²) in [4.78, 5) is 32.2.